The lowest BCUT2D eigenvalue weighted by atomic mass is 10.00. The summed E-state index contributed by atoms with van der Waals surface area (Å²) in [5, 5.41) is 84.2. The Labute approximate surface area is 637 Å². The van der Waals surface area contributed by atoms with E-state index in [-0.39, 0.29) is 86.7 Å². The Kier molecular flexibility index (Phi) is 32.4. The number of aromatic nitrogens is 6. The minimum absolute atomic E-state index is 0.0506. The molecule has 110 heavy (non-hydrogen) atoms. The highest BCUT2D eigenvalue weighted by Crippen LogP contribution is 2.33. The van der Waals surface area contributed by atoms with Crippen LogP contribution in [0.3, 0.4) is 0 Å². The number of hydrogen-bond acceptors (Lipinski definition) is 22. The number of aryl methyl sites for hydroxylation is 2. The van der Waals surface area contributed by atoms with E-state index in [9.17, 15) is 82.8 Å². The third-order valence-corrected chi connectivity index (χ3v) is 19.4. The van der Waals surface area contributed by atoms with Crippen molar-refractivity contribution in [1.29, 1.82) is 0 Å². The number of aromatic amines is 1. The number of fused-ring (bicyclic) bond motifs is 7. The van der Waals surface area contributed by atoms with Crippen LogP contribution in [0.1, 0.15) is 143 Å². The lowest BCUT2D eigenvalue weighted by molar-refractivity contribution is -0.145. The molecule has 13 atom stereocenters. The van der Waals surface area contributed by atoms with Crippen molar-refractivity contribution in [3.8, 4) is 0 Å². The van der Waals surface area contributed by atoms with Gasteiger partial charge in [0.05, 0.1) is 36.4 Å². The molecule has 1 saturated carbocycles. The van der Waals surface area contributed by atoms with Crippen LogP contribution in [-0.2, 0) is 97.7 Å². The third-order valence-electron chi connectivity index (χ3n) is 18.3. The second-order valence-electron chi connectivity index (χ2n) is 29.1. The molecular weight excluding hydrogens is 1450 g/mol. The normalized spacial score (nSPS) is 24.4. The summed E-state index contributed by atoms with van der Waals surface area (Å²) in [6.45, 7) is 9.93. The summed E-state index contributed by atoms with van der Waals surface area (Å²) < 4.78 is 1.45. The highest BCUT2D eigenvalue weighted by molar-refractivity contribution is 7.99. The molecule has 2 aliphatic heterocycles. The van der Waals surface area contributed by atoms with Gasteiger partial charge in [0, 0.05) is 73.2 Å². The molecule has 18 N–H and O–H groups in total. The first kappa shape index (κ1) is 86.5. The Morgan fingerprint density at radius 1 is 0.673 bits per heavy atom. The van der Waals surface area contributed by atoms with E-state index in [0.717, 1.165) is 18.7 Å². The molecular formula is C71H101N19O19S. The predicted octanol–water partition coefficient (Wildman–Crippen LogP) is -2.84. The van der Waals surface area contributed by atoms with Crippen molar-refractivity contribution in [3.05, 3.63) is 72.3 Å². The predicted molar refractivity (Wildman–Crippen MR) is 394 cm³/mol. The molecule has 3 aromatic heterocycles. The second-order valence-corrected chi connectivity index (χ2v) is 30.3. The van der Waals surface area contributed by atoms with E-state index >= 15 is 9.59 Å². The molecule has 38 nitrogen and oxygen atoms in total. The first-order valence-corrected chi connectivity index (χ1v) is 37.8. The number of pyridine rings is 1. The summed E-state index contributed by atoms with van der Waals surface area (Å²) in [6.07, 6.45) is 2.39. The van der Waals surface area contributed by atoms with Crippen molar-refractivity contribution < 1.29 is 92.3 Å². The Balaban J connectivity index is 1.34. The van der Waals surface area contributed by atoms with Gasteiger partial charge in [0.2, 0.25) is 70.9 Å². The molecule has 4 aromatic rings. The van der Waals surface area contributed by atoms with E-state index in [1.807, 2.05) is 0 Å². The van der Waals surface area contributed by atoms with Gasteiger partial charge in [0.15, 0.2) is 6.04 Å². The summed E-state index contributed by atoms with van der Waals surface area (Å²) in [5.41, 5.74) is -0.000578. The zero-order valence-electron chi connectivity index (χ0n) is 62.3. The van der Waals surface area contributed by atoms with Crippen molar-refractivity contribution in [2.75, 3.05) is 18.1 Å². The monoisotopic (exact) mass is 1560 g/mol. The van der Waals surface area contributed by atoms with Crippen LogP contribution in [0, 0.1) is 11.8 Å². The maximum Gasteiger partial charge on any atom is 0.328 e. The van der Waals surface area contributed by atoms with Gasteiger partial charge >= 0.3 is 17.9 Å². The zero-order valence-corrected chi connectivity index (χ0v) is 63.2. The smallest absolute Gasteiger partial charge is 0.328 e. The fourth-order valence-electron chi connectivity index (χ4n) is 12.1. The summed E-state index contributed by atoms with van der Waals surface area (Å²) in [5.74, 6) is -17.4. The molecule has 0 radical (unpaired) electrons. The number of nitrogens with one attached hydrogen (secondary N) is 14. The van der Waals surface area contributed by atoms with Crippen LogP contribution in [0.25, 0.3) is 10.8 Å². The lowest BCUT2D eigenvalue weighted by Crippen LogP contribution is -2.61. The van der Waals surface area contributed by atoms with E-state index in [1.165, 1.54) is 30.3 Å². The number of carboxylic acid groups (broad SMARTS) is 3. The number of carbonyl (C=O) groups is 15. The van der Waals surface area contributed by atoms with Gasteiger partial charge in [-0.3, -0.25) is 76.8 Å². The SMILES string of the molecule is CC(C)C1NC(=O)[C@@H]2CCCCn3cc(nn3)CC[C@H](NC(=O)[C@H](C)NC(=O)[C@@H](NC(=O)[C@H](CCC(=O)O)NC(C)(C)C)CSCC[C@@H](C(=O)NC(C(=O)O)C(C)O)NC(=O)[C@H](Cc3cc4ccccc4cn3)NC1=O)C(=O)N[C@@H](Cc1c[nH]cn1)C(=O)N[C@@H](CC1CC1)C(=O)NCC(=O)N[C@@H](CCC(=O)O)C(=O)N2. The van der Waals surface area contributed by atoms with Crippen LogP contribution in [0.2, 0.25) is 0 Å². The molecule has 3 aliphatic rings. The van der Waals surface area contributed by atoms with E-state index < -0.39 is 218 Å². The minimum atomic E-state index is -1.94. The number of aliphatic hydroxyl groups is 1. The first-order chi connectivity index (χ1) is 52.1. The molecule has 1 aromatic carbocycles. The van der Waals surface area contributed by atoms with Crippen LogP contribution in [0.15, 0.2) is 55.2 Å². The standard InChI is InChI=1S/C71H101N19O19S/c1-36(2)57-69(107)83-51(28-43-27-40-12-8-9-13-41(40)30-73-43)66(104)80-48(64(102)86-58(38(4)91)70(108)109)23-25-110-34-53(84-65(103)49(20-22-56(95)96)87-71(5,6)7)68(106)76-37(3)59(97)78-47-18-17-42-33-90(89-88-42)24-11-10-14-45(63(101)85-57)79-61(99)46(19-21-55(93)94)77-54(92)32-74-60(98)50(26-39-15-16-39)81-67(105)52(82-62(47)100)29-44-31-72-35-75-44/h8-9,12-13,27,30-31,33,35-39,45-53,57-58,87,91H,10-11,14-26,28-29,32,34H2,1-7H3,(H,72,75)(H,74,98)(H,76,106)(H,77,92)(H,78,97)(H,79,99)(H,80,104)(H,81,105)(H,82,100)(H,83,107)(H,84,103)(H,85,101)(H,86,102)(H,93,94)(H,95,96)(H,108,109)/t37-,38?,45-,46-,47-,48-,49-,50-,51-,52-,53-,57?,58?/m0/s1. The highest BCUT2D eigenvalue weighted by atomic mass is 32.2. The highest BCUT2D eigenvalue weighted by Gasteiger charge is 2.39. The maximum atomic E-state index is 15.1. The first-order valence-electron chi connectivity index (χ1n) is 36.6. The molecule has 600 valence electrons. The number of imidazole rings is 1. The van der Waals surface area contributed by atoms with E-state index in [1.54, 1.807) is 71.1 Å². The van der Waals surface area contributed by atoms with E-state index in [2.05, 4.69) is 94.4 Å². The second kappa shape index (κ2) is 41.2. The number of amides is 12. The number of thioether (sulfide) groups is 1. The van der Waals surface area contributed by atoms with Crippen LogP contribution in [0.5, 0.6) is 0 Å². The molecule has 1 aliphatic carbocycles. The molecule has 39 heteroatoms. The molecule has 3 unspecified atom stereocenters. The van der Waals surface area contributed by atoms with Gasteiger partial charge in [-0.2, -0.15) is 11.8 Å². The van der Waals surface area contributed by atoms with Gasteiger partial charge in [-0.1, -0.05) is 56.2 Å². The maximum absolute atomic E-state index is 15.1. The summed E-state index contributed by atoms with van der Waals surface area (Å²) in [7, 11) is 0. The van der Waals surface area contributed by atoms with E-state index in [0.29, 0.717) is 29.3 Å². The summed E-state index contributed by atoms with van der Waals surface area (Å²) >= 11 is 0.912. The Hall–Kier alpha value is -10.7. The van der Waals surface area contributed by atoms with Crippen LogP contribution in [0.4, 0.5) is 0 Å². The van der Waals surface area contributed by atoms with Crippen LogP contribution in [-0.4, -0.2) is 241 Å². The van der Waals surface area contributed by atoms with Crippen LogP contribution >= 0.6 is 11.8 Å². The average molecular weight is 1560 g/mol. The van der Waals surface area contributed by atoms with Crippen molar-refractivity contribution in [2.24, 2.45) is 11.8 Å². The number of benzene rings is 1. The van der Waals surface area contributed by atoms with Crippen LogP contribution < -0.4 is 69.1 Å². The molecule has 7 rings (SSSR count). The fraction of sp³-hybridized carbons (Fsp3) is 0.592. The number of nitrogens with zero attached hydrogens (tertiary/aromatic N) is 5. The number of carboxylic acids is 3. The van der Waals surface area contributed by atoms with E-state index in [4.69, 9.17) is 0 Å². The Morgan fingerprint density at radius 2 is 1.32 bits per heavy atom. The van der Waals surface area contributed by atoms with Gasteiger partial charge in [0.1, 0.15) is 60.4 Å². The summed E-state index contributed by atoms with van der Waals surface area (Å²) in [4.78, 5) is 224. The zero-order chi connectivity index (χ0) is 80.5. The Bertz CT molecular complexity index is 3940. The van der Waals surface area contributed by atoms with Crippen molar-refractivity contribution in [3.63, 3.8) is 0 Å². The lowest BCUT2D eigenvalue weighted by Gasteiger charge is -2.30. The Morgan fingerprint density at radius 3 is 1.97 bits per heavy atom. The number of aliphatic carboxylic acids is 3. The molecule has 12 amide bonds. The summed E-state index contributed by atoms with van der Waals surface area (Å²) in [6, 6.07) is -10.2. The minimum Gasteiger partial charge on any atom is -0.481 e. The quantitative estimate of drug-likeness (QED) is 0.0424. The van der Waals surface area contributed by atoms with Gasteiger partial charge in [-0.05, 0) is 121 Å². The number of hydrogen-bond donors (Lipinski definition) is 18. The largest absolute Gasteiger partial charge is 0.481 e. The number of rotatable bonds is 20. The number of H-pyrrole nitrogens is 1. The molecule has 0 spiro atoms. The van der Waals surface area contributed by atoms with Gasteiger partial charge < -0.3 is 94.5 Å². The fourth-order valence-corrected chi connectivity index (χ4v) is 13.2. The molecule has 0 saturated heterocycles. The number of aliphatic hydroxyl groups excluding tert-OH is 1. The molecule has 5 heterocycles. The van der Waals surface area contributed by atoms with Crippen molar-refractivity contribution >= 4 is 111 Å². The third kappa shape index (κ3) is 28.1. The average Bonchev–Trinajstić information content (AvgIpc) is 1.74. The van der Waals surface area contributed by atoms with Gasteiger partial charge in [-0.15, -0.1) is 5.10 Å². The topological polar surface area (TPSA) is 566 Å². The van der Waals surface area contributed by atoms with Gasteiger partial charge in [0.25, 0.3) is 0 Å². The van der Waals surface area contributed by atoms with Gasteiger partial charge in [-0.25, -0.2) is 9.78 Å². The number of carbonyl (C=O) groups excluding carboxylic acids is 12. The molecule has 4 bridgehead atoms. The van der Waals surface area contributed by atoms with Crippen molar-refractivity contribution in [1.82, 2.24) is 99.1 Å². The molecule has 1 fully saturated rings. The van der Waals surface area contributed by atoms with Crippen molar-refractivity contribution in [2.45, 2.75) is 235 Å².